The fraction of sp³-hybridized carbons (Fsp3) is 0.286. The number of aromatic nitrogens is 2. The predicted octanol–water partition coefficient (Wildman–Crippen LogP) is 4.08. The van der Waals surface area contributed by atoms with Crippen LogP contribution in [0.25, 0.3) is 10.6 Å². The molecule has 0 amide bonds. The Hall–Kier alpha value is -2.85. The van der Waals surface area contributed by atoms with Gasteiger partial charge in [-0.25, -0.2) is 22.5 Å². The Bertz CT molecular complexity index is 1100. The zero-order valence-corrected chi connectivity index (χ0v) is 17.0. The molecule has 0 bridgehead atoms. The minimum absolute atomic E-state index is 0.0399. The molecule has 1 saturated heterocycles. The van der Waals surface area contributed by atoms with Crippen LogP contribution in [-0.4, -0.2) is 40.8 Å². The van der Waals surface area contributed by atoms with Crippen molar-refractivity contribution in [3.63, 3.8) is 0 Å². The molecule has 3 heterocycles. The van der Waals surface area contributed by atoms with Crippen molar-refractivity contribution in [3.8, 4) is 10.6 Å². The van der Waals surface area contributed by atoms with E-state index >= 15 is 0 Å². The number of piperidine rings is 1. The summed E-state index contributed by atoms with van der Waals surface area (Å²) in [7, 11) is 0. The van der Waals surface area contributed by atoms with E-state index in [9.17, 15) is 22.4 Å². The van der Waals surface area contributed by atoms with Gasteiger partial charge in [0.2, 0.25) is 0 Å². The lowest BCUT2D eigenvalue weighted by molar-refractivity contribution is -0.0172. The Morgan fingerprint density at radius 3 is 2.71 bits per heavy atom. The first-order valence-corrected chi connectivity index (χ1v) is 10.4. The second-order valence-electron chi connectivity index (χ2n) is 7.44. The van der Waals surface area contributed by atoms with Gasteiger partial charge in [-0.15, -0.1) is 11.3 Å². The SMILES string of the molecule is N[C@@H]1CN(c2ccncc2CC(=O)c2csc(-c3c(F)cccc3F)n2)CC(F)(F)C1. The van der Waals surface area contributed by atoms with Gasteiger partial charge in [0, 0.05) is 54.5 Å². The summed E-state index contributed by atoms with van der Waals surface area (Å²) >= 11 is 0.948. The van der Waals surface area contributed by atoms with Crippen molar-refractivity contribution in [2.24, 2.45) is 5.73 Å². The van der Waals surface area contributed by atoms with Gasteiger partial charge in [-0.1, -0.05) is 6.07 Å². The Balaban J connectivity index is 1.57. The maximum atomic E-state index is 14.0. The Morgan fingerprint density at radius 2 is 2.00 bits per heavy atom. The maximum Gasteiger partial charge on any atom is 0.266 e. The normalized spacial score (nSPS) is 18.2. The van der Waals surface area contributed by atoms with Gasteiger partial charge in [0.1, 0.15) is 22.3 Å². The van der Waals surface area contributed by atoms with Gasteiger partial charge in [0.25, 0.3) is 5.92 Å². The van der Waals surface area contributed by atoms with E-state index in [1.54, 1.807) is 6.07 Å². The van der Waals surface area contributed by atoms with Crippen LogP contribution in [-0.2, 0) is 6.42 Å². The lowest BCUT2D eigenvalue weighted by Crippen LogP contribution is -2.52. The van der Waals surface area contributed by atoms with Crippen LogP contribution in [0, 0.1) is 11.6 Å². The van der Waals surface area contributed by atoms with E-state index in [0.717, 1.165) is 23.5 Å². The van der Waals surface area contributed by atoms with Gasteiger partial charge in [0.15, 0.2) is 5.78 Å². The molecule has 162 valence electrons. The number of nitrogens with two attached hydrogens (primary N) is 1. The molecule has 3 aromatic rings. The fourth-order valence-electron chi connectivity index (χ4n) is 3.67. The molecule has 0 aliphatic carbocycles. The third kappa shape index (κ3) is 4.59. The summed E-state index contributed by atoms with van der Waals surface area (Å²) in [5, 5.41) is 1.47. The summed E-state index contributed by atoms with van der Waals surface area (Å²) in [4.78, 5) is 22.3. The highest BCUT2D eigenvalue weighted by Gasteiger charge is 2.39. The first-order valence-electron chi connectivity index (χ1n) is 9.48. The highest BCUT2D eigenvalue weighted by Crippen LogP contribution is 2.32. The van der Waals surface area contributed by atoms with Crippen LogP contribution in [0.4, 0.5) is 23.2 Å². The first-order chi connectivity index (χ1) is 14.7. The van der Waals surface area contributed by atoms with Crippen LogP contribution < -0.4 is 10.6 Å². The van der Waals surface area contributed by atoms with E-state index in [0.29, 0.717) is 11.3 Å². The van der Waals surface area contributed by atoms with Crippen molar-refractivity contribution in [2.75, 3.05) is 18.0 Å². The molecule has 4 rings (SSSR count). The van der Waals surface area contributed by atoms with Crippen LogP contribution in [0.1, 0.15) is 22.5 Å². The number of carbonyl (C=O) groups is 1. The van der Waals surface area contributed by atoms with Crippen molar-refractivity contribution in [1.29, 1.82) is 0 Å². The van der Waals surface area contributed by atoms with Crippen LogP contribution in [0.2, 0.25) is 0 Å². The second-order valence-corrected chi connectivity index (χ2v) is 8.30. The van der Waals surface area contributed by atoms with Crippen molar-refractivity contribution < 1.29 is 22.4 Å². The monoisotopic (exact) mass is 450 g/mol. The number of hydrogen-bond acceptors (Lipinski definition) is 6. The van der Waals surface area contributed by atoms with Gasteiger partial charge >= 0.3 is 0 Å². The molecule has 1 aromatic carbocycles. The number of carbonyl (C=O) groups excluding carboxylic acids is 1. The lowest BCUT2D eigenvalue weighted by Gasteiger charge is -2.38. The van der Waals surface area contributed by atoms with E-state index < -0.39 is 42.3 Å². The van der Waals surface area contributed by atoms with Gasteiger partial charge in [-0.05, 0) is 18.2 Å². The Labute approximate surface area is 179 Å². The topological polar surface area (TPSA) is 72.1 Å². The number of Topliss-reactive ketones (excluding diaryl/α,β-unsaturated/α-hetero) is 1. The molecule has 2 aromatic heterocycles. The number of rotatable bonds is 5. The Kier molecular flexibility index (Phi) is 5.76. The number of anilines is 1. The first kappa shape index (κ1) is 21.4. The van der Waals surface area contributed by atoms with E-state index in [-0.39, 0.29) is 29.2 Å². The van der Waals surface area contributed by atoms with Crippen molar-refractivity contribution in [2.45, 2.75) is 24.8 Å². The molecule has 1 atom stereocenters. The molecule has 10 heteroatoms. The number of benzene rings is 1. The minimum Gasteiger partial charge on any atom is -0.364 e. The molecule has 1 fully saturated rings. The molecule has 1 aliphatic heterocycles. The smallest absolute Gasteiger partial charge is 0.266 e. The van der Waals surface area contributed by atoms with Crippen LogP contribution >= 0.6 is 11.3 Å². The standard InChI is InChI=1S/C21H18F4N4OS/c22-14-2-1-3-15(23)19(14)20-28-16(10-31-20)18(30)6-12-8-27-5-4-17(12)29-9-13(26)7-21(24,25)11-29/h1-5,8,10,13H,6-7,9,11,26H2/t13-/m0/s1. The third-order valence-corrected chi connectivity index (χ3v) is 5.83. The van der Waals surface area contributed by atoms with Crippen molar-refractivity contribution in [3.05, 3.63) is 64.9 Å². The van der Waals surface area contributed by atoms with Gasteiger partial charge < -0.3 is 10.6 Å². The molecule has 0 spiro atoms. The molecule has 0 unspecified atom stereocenters. The van der Waals surface area contributed by atoms with Crippen LogP contribution in [0.3, 0.4) is 0 Å². The quantitative estimate of drug-likeness (QED) is 0.469. The van der Waals surface area contributed by atoms with Gasteiger partial charge in [-0.3, -0.25) is 9.78 Å². The zero-order chi connectivity index (χ0) is 22.2. The Morgan fingerprint density at radius 1 is 1.26 bits per heavy atom. The second kappa shape index (κ2) is 8.35. The molecular formula is C21H18F4N4OS. The van der Waals surface area contributed by atoms with E-state index in [1.165, 1.54) is 28.7 Å². The average Bonchev–Trinajstić information content (AvgIpc) is 3.16. The molecule has 1 aliphatic rings. The minimum atomic E-state index is -2.93. The van der Waals surface area contributed by atoms with Crippen molar-refractivity contribution in [1.82, 2.24) is 9.97 Å². The highest BCUT2D eigenvalue weighted by atomic mass is 32.1. The summed E-state index contributed by atoms with van der Waals surface area (Å²) < 4.78 is 56.0. The maximum absolute atomic E-state index is 14.0. The van der Waals surface area contributed by atoms with Gasteiger partial charge in [0.05, 0.1) is 12.1 Å². The fourth-order valence-corrected chi connectivity index (χ4v) is 4.54. The third-order valence-electron chi connectivity index (χ3n) is 4.97. The molecule has 31 heavy (non-hydrogen) atoms. The summed E-state index contributed by atoms with van der Waals surface area (Å²) in [5.41, 5.74) is 6.44. The number of hydrogen-bond donors (Lipinski definition) is 1. The highest BCUT2D eigenvalue weighted by molar-refractivity contribution is 7.13. The number of nitrogens with zero attached hydrogens (tertiary/aromatic N) is 3. The summed E-state index contributed by atoms with van der Waals surface area (Å²) in [6, 6.07) is 4.34. The number of alkyl halides is 2. The molecule has 0 radical (unpaired) electrons. The van der Waals surface area contributed by atoms with Gasteiger partial charge in [-0.2, -0.15) is 0 Å². The molecular weight excluding hydrogens is 432 g/mol. The van der Waals surface area contributed by atoms with E-state index in [1.807, 2.05) is 0 Å². The average molecular weight is 450 g/mol. The lowest BCUT2D eigenvalue weighted by atomic mass is 10.00. The number of halogens is 4. The summed E-state index contributed by atoms with van der Waals surface area (Å²) in [6.07, 6.45) is 2.36. The largest absolute Gasteiger partial charge is 0.364 e. The zero-order valence-electron chi connectivity index (χ0n) is 16.2. The van der Waals surface area contributed by atoms with Crippen LogP contribution in [0.15, 0.2) is 42.0 Å². The van der Waals surface area contributed by atoms with Crippen molar-refractivity contribution >= 4 is 22.8 Å². The number of thiazole rings is 1. The molecule has 5 nitrogen and oxygen atoms in total. The molecule has 0 saturated carbocycles. The van der Waals surface area contributed by atoms with E-state index in [2.05, 4.69) is 9.97 Å². The summed E-state index contributed by atoms with van der Waals surface area (Å²) in [6.45, 7) is -0.270. The number of pyridine rings is 1. The van der Waals surface area contributed by atoms with Crippen LogP contribution in [0.5, 0.6) is 0 Å². The molecule has 2 N–H and O–H groups in total. The number of ketones is 1. The summed E-state index contributed by atoms with van der Waals surface area (Å²) in [5.74, 6) is -4.90. The van der Waals surface area contributed by atoms with E-state index in [4.69, 9.17) is 5.73 Å². The predicted molar refractivity (Wildman–Crippen MR) is 109 cm³/mol.